The SMILES string of the molecule is CCOC(=O)C(C(=O)C1CCCN1)n1cc2c(F)cc(Br)cc2n1.CCOC(=O)C(C(=O)C1CCCN1C(=O)OC(C)(C)C)n1cc2c(F)cc(Br)cc2n1.Cl. The molecule has 0 spiro atoms. The lowest BCUT2D eigenvalue weighted by atomic mass is 10.0. The third-order valence-corrected chi connectivity index (χ3v) is 9.73. The van der Waals surface area contributed by atoms with Crippen LogP contribution < -0.4 is 5.32 Å². The van der Waals surface area contributed by atoms with Gasteiger partial charge in [0.2, 0.25) is 12.1 Å². The molecule has 2 aliphatic rings. The number of aromatic nitrogens is 4. The fraction of sp³-hybridized carbons (Fsp3) is 0.486. The molecule has 2 saturated heterocycles. The van der Waals surface area contributed by atoms with E-state index in [2.05, 4.69) is 47.4 Å². The van der Waals surface area contributed by atoms with Gasteiger partial charge < -0.3 is 19.5 Å². The number of Topliss-reactive ketones (excluding diaryl/α,β-unsaturated/α-hetero) is 2. The Morgan fingerprint density at radius 2 is 1.32 bits per heavy atom. The van der Waals surface area contributed by atoms with Crippen molar-refractivity contribution >= 4 is 95.7 Å². The van der Waals surface area contributed by atoms with Crippen molar-refractivity contribution in [3.63, 3.8) is 0 Å². The minimum atomic E-state index is -1.45. The smallest absolute Gasteiger partial charge is 0.410 e. The van der Waals surface area contributed by atoms with Gasteiger partial charge >= 0.3 is 18.0 Å². The maximum absolute atomic E-state index is 14.3. The number of rotatable bonds is 10. The van der Waals surface area contributed by atoms with Gasteiger partial charge in [0.1, 0.15) is 17.2 Å². The molecule has 0 radical (unpaired) electrons. The van der Waals surface area contributed by atoms with Crippen LogP contribution in [0.5, 0.6) is 0 Å². The van der Waals surface area contributed by atoms with Gasteiger partial charge in [-0.15, -0.1) is 12.4 Å². The van der Waals surface area contributed by atoms with E-state index in [9.17, 15) is 32.8 Å². The standard InChI is InChI=1S/C21H25BrFN3O5.C16H17BrFN3O3.ClH/c1-5-30-19(28)17(26-11-13-14(23)9-12(22)10-15(13)24-26)18(27)16-7-6-8-25(16)20(29)31-21(2,3)4;1-2-24-16(23)14(15(22)12-4-3-5-19-12)21-8-10-11(18)6-9(17)7-13(10)20-21;/h9-11,16-17H,5-8H2,1-4H3;6-8,12,14,19H,2-5H2,1H3;1H. The fourth-order valence-corrected chi connectivity index (χ4v) is 7.29. The molecule has 0 bridgehead atoms. The van der Waals surface area contributed by atoms with Crippen molar-refractivity contribution in [3.05, 3.63) is 57.2 Å². The van der Waals surface area contributed by atoms with Crippen LogP contribution in [-0.2, 0) is 33.4 Å². The summed E-state index contributed by atoms with van der Waals surface area (Å²) < 4.78 is 47.3. The van der Waals surface area contributed by atoms with Crippen LogP contribution in [0.25, 0.3) is 21.8 Å². The van der Waals surface area contributed by atoms with Gasteiger partial charge in [0, 0.05) is 27.9 Å². The van der Waals surface area contributed by atoms with E-state index >= 15 is 0 Å². The molecular weight excluding hydrogens is 890 g/mol. The van der Waals surface area contributed by atoms with Crippen molar-refractivity contribution in [2.75, 3.05) is 26.3 Å². The Morgan fingerprint density at radius 1 is 0.821 bits per heavy atom. The molecule has 1 amide bonds. The molecule has 6 rings (SSSR count). The van der Waals surface area contributed by atoms with Gasteiger partial charge in [-0.3, -0.25) is 14.5 Å². The number of nitrogens with one attached hydrogen (secondary N) is 1. The summed E-state index contributed by atoms with van der Waals surface area (Å²) in [5, 5.41) is 12.0. The number of hydrogen-bond donors (Lipinski definition) is 1. The molecule has 4 aromatic rings. The molecule has 14 nitrogen and oxygen atoms in total. The minimum absolute atomic E-state index is 0. The van der Waals surface area contributed by atoms with Gasteiger partial charge in [-0.2, -0.15) is 10.2 Å². The van der Waals surface area contributed by atoms with E-state index < -0.39 is 65.2 Å². The summed E-state index contributed by atoms with van der Waals surface area (Å²) in [5.41, 5.74) is -0.0777. The summed E-state index contributed by atoms with van der Waals surface area (Å²) in [4.78, 5) is 65.2. The van der Waals surface area contributed by atoms with Gasteiger partial charge in [-0.05, 0) is 91.1 Å². The Kier molecular flexibility index (Phi) is 15.1. The second kappa shape index (κ2) is 19.0. The van der Waals surface area contributed by atoms with Crippen LogP contribution in [0, 0.1) is 11.6 Å². The fourth-order valence-electron chi connectivity index (χ4n) is 6.45. The maximum Gasteiger partial charge on any atom is 0.410 e. The molecule has 0 saturated carbocycles. The van der Waals surface area contributed by atoms with Gasteiger partial charge in [0.05, 0.1) is 47.1 Å². The molecule has 2 aliphatic heterocycles. The number of benzene rings is 2. The molecule has 1 N–H and O–H groups in total. The molecule has 304 valence electrons. The van der Waals surface area contributed by atoms with Crippen LogP contribution in [-0.4, -0.2) is 98.0 Å². The van der Waals surface area contributed by atoms with Gasteiger partial charge in [-0.1, -0.05) is 31.9 Å². The molecule has 2 aromatic carbocycles. The van der Waals surface area contributed by atoms with E-state index in [1.54, 1.807) is 46.8 Å². The summed E-state index contributed by atoms with van der Waals surface area (Å²) in [6.07, 6.45) is 4.58. The number of nitrogens with zero attached hydrogens (tertiary/aromatic N) is 5. The molecule has 2 fully saturated rings. The van der Waals surface area contributed by atoms with Crippen molar-refractivity contribution in [1.29, 1.82) is 0 Å². The van der Waals surface area contributed by atoms with E-state index in [-0.39, 0.29) is 47.7 Å². The van der Waals surface area contributed by atoms with Crippen LogP contribution in [0.1, 0.15) is 72.4 Å². The maximum atomic E-state index is 14.3. The van der Waals surface area contributed by atoms with Crippen molar-refractivity contribution in [2.45, 2.75) is 90.1 Å². The Labute approximate surface area is 344 Å². The Bertz CT molecular complexity index is 2100. The number of amides is 1. The second-order valence-electron chi connectivity index (χ2n) is 14.0. The lowest BCUT2D eigenvalue weighted by molar-refractivity contribution is -0.153. The minimum Gasteiger partial charge on any atom is -0.464 e. The molecule has 4 unspecified atom stereocenters. The lowest BCUT2D eigenvalue weighted by Crippen LogP contribution is -2.47. The van der Waals surface area contributed by atoms with Crippen LogP contribution >= 0.6 is 44.3 Å². The molecule has 0 aliphatic carbocycles. The molecule has 19 heteroatoms. The van der Waals surface area contributed by atoms with E-state index in [1.807, 2.05) is 0 Å². The summed E-state index contributed by atoms with van der Waals surface area (Å²) in [6, 6.07) is 1.87. The highest BCUT2D eigenvalue weighted by Gasteiger charge is 2.43. The summed E-state index contributed by atoms with van der Waals surface area (Å²) in [6.45, 7) is 9.79. The topological polar surface area (TPSA) is 164 Å². The monoisotopic (exact) mass is 930 g/mol. The average Bonchev–Trinajstić information content (AvgIpc) is 3.91. The first-order valence-corrected chi connectivity index (χ1v) is 19.4. The number of halogens is 5. The Hall–Kier alpha value is -4.00. The van der Waals surface area contributed by atoms with E-state index in [1.165, 1.54) is 34.1 Å². The third-order valence-electron chi connectivity index (χ3n) is 8.81. The van der Waals surface area contributed by atoms with Crippen LogP contribution in [0.4, 0.5) is 13.6 Å². The zero-order chi connectivity index (χ0) is 40.2. The molecule has 56 heavy (non-hydrogen) atoms. The van der Waals surface area contributed by atoms with Gasteiger partial charge in [-0.25, -0.2) is 32.5 Å². The largest absolute Gasteiger partial charge is 0.464 e. The number of hydrogen-bond acceptors (Lipinski definition) is 11. The van der Waals surface area contributed by atoms with Crippen molar-refractivity contribution in [3.8, 4) is 0 Å². The Balaban J connectivity index is 0.000000252. The zero-order valence-corrected chi connectivity index (χ0v) is 35.3. The van der Waals surface area contributed by atoms with Gasteiger partial charge in [0.15, 0.2) is 11.6 Å². The van der Waals surface area contributed by atoms with Crippen molar-refractivity contribution in [1.82, 2.24) is 29.8 Å². The van der Waals surface area contributed by atoms with Gasteiger partial charge in [0.25, 0.3) is 0 Å². The summed E-state index contributed by atoms with van der Waals surface area (Å²) >= 11 is 6.42. The number of fused-ring (bicyclic) bond motifs is 2. The predicted octanol–water partition coefficient (Wildman–Crippen LogP) is 6.80. The summed E-state index contributed by atoms with van der Waals surface area (Å²) in [7, 11) is 0. The first kappa shape index (κ1) is 44.7. The highest BCUT2D eigenvalue weighted by atomic mass is 79.9. The number of esters is 2. The second-order valence-corrected chi connectivity index (χ2v) is 15.8. The molecular formula is C37H43Br2ClF2N6O8. The molecule has 4 atom stereocenters. The van der Waals surface area contributed by atoms with E-state index in [0.717, 1.165) is 17.6 Å². The molecule has 2 aromatic heterocycles. The van der Waals surface area contributed by atoms with E-state index in [0.29, 0.717) is 40.3 Å². The lowest BCUT2D eigenvalue weighted by Gasteiger charge is -2.29. The number of likely N-dealkylation sites (tertiary alicyclic amines) is 1. The highest BCUT2D eigenvalue weighted by molar-refractivity contribution is 9.10. The van der Waals surface area contributed by atoms with Crippen molar-refractivity contribution < 1.29 is 47.0 Å². The number of ketones is 2. The predicted molar refractivity (Wildman–Crippen MR) is 210 cm³/mol. The highest BCUT2D eigenvalue weighted by Crippen LogP contribution is 2.29. The molecule has 4 heterocycles. The first-order valence-electron chi connectivity index (χ1n) is 17.8. The first-order chi connectivity index (χ1) is 26.0. The number of carbonyl (C=O) groups is 5. The summed E-state index contributed by atoms with van der Waals surface area (Å²) in [5.74, 6) is -3.35. The van der Waals surface area contributed by atoms with Crippen LogP contribution in [0.2, 0.25) is 0 Å². The van der Waals surface area contributed by atoms with E-state index in [4.69, 9.17) is 14.2 Å². The number of carbonyl (C=O) groups excluding carboxylic acids is 5. The average molecular weight is 933 g/mol. The van der Waals surface area contributed by atoms with Crippen molar-refractivity contribution in [2.24, 2.45) is 0 Å². The number of ether oxygens (including phenoxy) is 3. The van der Waals surface area contributed by atoms with Crippen LogP contribution in [0.3, 0.4) is 0 Å². The normalized spacial score (nSPS) is 17.8. The van der Waals surface area contributed by atoms with Crippen LogP contribution in [0.15, 0.2) is 45.6 Å². The third kappa shape index (κ3) is 10.3. The Morgan fingerprint density at radius 3 is 1.77 bits per heavy atom. The quantitative estimate of drug-likeness (QED) is 0.101. The zero-order valence-electron chi connectivity index (χ0n) is 31.4.